The Bertz CT molecular complexity index is 572. The third-order valence-electron chi connectivity index (χ3n) is 3.02. The second-order valence-corrected chi connectivity index (χ2v) is 4.90. The molecule has 20 heavy (non-hydrogen) atoms. The van der Waals surface area contributed by atoms with Crippen molar-refractivity contribution >= 4 is 22.9 Å². The Hall–Kier alpha value is -2.07. The molecule has 4 heteroatoms. The molecule has 0 spiro atoms. The number of rotatable bonds is 6. The summed E-state index contributed by atoms with van der Waals surface area (Å²) in [6.07, 6.45) is 0. The second-order valence-electron chi connectivity index (χ2n) is 4.46. The van der Waals surface area contributed by atoms with Gasteiger partial charge in [-0.15, -0.1) is 0 Å². The van der Waals surface area contributed by atoms with E-state index < -0.39 is 0 Å². The van der Waals surface area contributed by atoms with Crippen molar-refractivity contribution in [3.63, 3.8) is 0 Å². The SMILES string of the molecule is CN(CCOc1ccccc1)c1ccccc1C(N)=S. The molecular weight excluding hydrogens is 268 g/mol. The summed E-state index contributed by atoms with van der Waals surface area (Å²) in [7, 11) is 2.01. The fourth-order valence-corrected chi connectivity index (χ4v) is 2.13. The quantitative estimate of drug-likeness (QED) is 0.829. The Morgan fingerprint density at radius 2 is 1.75 bits per heavy atom. The minimum atomic E-state index is 0.413. The highest BCUT2D eigenvalue weighted by Crippen LogP contribution is 2.19. The van der Waals surface area contributed by atoms with Crippen molar-refractivity contribution in [1.82, 2.24) is 0 Å². The molecule has 0 aromatic heterocycles. The van der Waals surface area contributed by atoms with Crippen LogP contribution in [0.2, 0.25) is 0 Å². The molecular formula is C16H18N2OS. The Morgan fingerprint density at radius 1 is 1.10 bits per heavy atom. The first kappa shape index (κ1) is 14.3. The van der Waals surface area contributed by atoms with Crippen molar-refractivity contribution in [2.45, 2.75) is 0 Å². The van der Waals surface area contributed by atoms with E-state index in [-0.39, 0.29) is 0 Å². The van der Waals surface area contributed by atoms with Crippen LogP contribution in [-0.2, 0) is 0 Å². The van der Waals surface area contributed by atoms with E-state index in [2.05, 4.69) is 4.90 Å². The van der Waals surface area contributed by atoms with Gasteiger partial charge in [-0.2, -0.15) is 0 Å². The lowest BCUT2D eigenvalue weighted by Gasteiger charge is -2.22. The summed E-state index contributed by atoms with van der Waals surface area (Å²) in [5, 5.41) is 0. The van der Waals surface area contributed by atoms with Crippen molar-refractivity contribution in [3.8, 4) is 5.75 Å². The van der Waals surface area contributed by atoms with Crippen LogP contribution in [0, 0.1) is 0 Å². The maximum atomic E-state index is 5.75. The number of likely N-dealkylation sites (N-methyl/N-ethyl adjacent to an activating group) is 1. The van der Waals surface area contributed by atoms with Crippen molar-refractivity contribution in [3.05, 3.63) is 60.2 Å². The smallest absolute Gasteiger partial charge is 0.119 e. The monoisotopic (exact) mass is 286 g/mol. The summed E-state index contributed by atoms with van der Waals surface area (Å²) in [5.41, 5.74) is 7.66. The number of nitrogens with zero attached hydrogens (tertiary/aromatic N) is 1. The minimum Gasteiger partial charge on any atom is -0.492 e. The number of hydrogen-bond donors (Lipinski definition) is 1. The Kier molecular flexibility index (Phi) is 4.96. The predicted molar refractivity (Wildman–Crippen MR) is 87.5 cm³/mol. The first-order chi connectivity index (χ1) is 9.68. The molecule has 0 unspecified atom stereocenters. The normalized spacial score (nSPS) is 10.1. The lowest BCUT2D eigenvalue weighted by molar-refractivity contribution is 0.326. The van der Waals surface area contributed by atoms with E-state index in [1.807, 2.05) is 61.6 Å². The first-order valence-electron chi connectivity index (χ1n) is 6.46. The molecule has 2 aromatic rings. The van der Waals surface area contributed by atoms with Crippen LogP contribution in [0.25, 0.3) is 0 Å². The van der Waals surface area contributed by atoms with Crippen molar-refractivity contribution in [1.29, 1.82) is 0 Å². The molecule has 0 aliphatic rings. The molecule has 0 amide bonds. The summed E-state index contributed by atoms with van der Waals surface area (Å²) >= 11 is 5.08. The number of benzene rings is 2. The first-order valence-corrected chi connectivity index (χ1v) is 6.87. The van der Waals surface area contributed by atoms with Gasteiger partial charge in [0.2, 0.25) is 0 Å². The van der Waals surface area contributed by atoms with Gasteiger partial charge in [0.25, 0.3) is 0 Å². The Morgan fingerprint density at radius 3 is 2.45 bits per heavy atom. The average Bonchev–Trinajstić information content (AvgIpc) is 2.48. The van der Waals surface area contributed by atoms with Crippen LogP contribution in [-0.4, -0.2) is 25.2 Å². The summed E-state index contributed by atoms with van der Waals surface area (Å²) in [6.45, 7) is 1.36. The Balaban J connectivity index is 1.95. The molecule has 0 heterocycles. The number of hydrogen-bond acceptors (Lipinski definition) is 3. The lowest BCUT2D eigenvalue weighted by atomic mass is 10.1. The van der Waals surface area contributed by atoms with Gasteiger partial charge in [-0.25, -0.2) is 0 Å². The summed E-state index contributed by atoms with van der Waals surface area (Å²) in [4.78, 5) is 2.51. The lowest BCUT2D eigenvalue weighted by Crippen LogP contribution is -2.26. The standard InChI is InChI=1S/C16H18N2OS/c1-18(11-12-19-13-7-3-2-4-8-13)15-10-6-5-9-14(15)16(17)20/h2-10H,11-12H2,1H3,(H2,17,20). The topological polar surface area (TPSA) is 38.5 Å². The van der Waals surface area contributed by atoms with Gasteiger partial charge in [-0.05, 0) is 24.3 Å². The fraction of sp³-hybridized carbons (Fsp3) is 0.188. The van der Waals surface area contributed by atoms with E-state index in [9.17, 15) is 0 Å². The van der Waals surface area contributed by atoms with Crippen LogP contribution < -0.4 is 15.4 Å². The zero-order valence-electron chi connectivity index (χ0n) is 11.5. The highest BCUT2D eigenvalue weighted by atomic mass is 32.1. The number of nitrogens with two attached hydrogens (primary N) is 1. The van der Waals surface area contributed by atoms with Gasteiger partial charge in [0, 0.05) is 18.3 Å². The van der Waals surface area contributed by atoms with E-state index in [4.69, 9.17) is 22.7 Å². The van der Waals surface area contributed by atoms with Crippen molar-refractivity contribution in [2.75, 3.05) is 25.1 Å². The number of anilines is 1. The largest absolute Gasteiger partial charge is 0.492 e. The zero-order chi connectivity index (χ0) is 14.4. The molecule has 0 fully saturated rings. The van der Waals surface area contributed by atoms with Crippen molar-refractivity contribution < 1.29 is 4.74 Å². The maximum Gasteiger partial charge on any atom is 0.119 e. The molecule has 0 radical (unpaired) electrons. The van der Waals surface area contributed by atoms with Crippen molar-refractivity contribution in [2.24, 2.45) is 5.73 Å². The van der Waals surface area contributed by atoms with E-state index in [1.54, 1.807) is 0 Å². The van der Waals surface area contributed by atoms with Gasteiger partial charge in [-0.3, -0.25) is 0 Å². The van der Waals surface area contributed by atoms with Crippen LogP contribution in [0.15, 0.2) is 54.6 Å². The number of para-hydroxylation sites is 2. The second kappa shape index (κ2) is 6.91. The zero-order valence-corrected chi connectivity index (χ0v) is 12.3. The molecule has 0 aliphatic heterocycles. The number of ether oxygens (including phenoxy) is 1. The fourth-order valence-electron chi connectivity index (χ4n) is 1.95. The summed E-state index contributed by atoms with van der Waals surface area (Å²) < 4.78 is 5.69. The molecule has 2 aromatic carbocycles. The van der Waals surface area contributed by atoms with Gasteiger partial charge in [0.05, 0.1) is 6.54 Å². The van der Waals surface area contributed by atoms with Crippen LogP contribution in [0.3, 0.4) is 0 Å². The van der Waals surface area contributed by atoms with E-state index >= 15 is 0 Å². The van der Waals surface area contributed by atoms with Crippen LogP contribution >= 0.6 is 12.2 Å². The third kappa shape index (κ3) is 3.71. The predicted octanol–water partition coefficient (Wildman–Crippen LogP) is 2.84. The number of thiocarbonyl (C=S) groups is 1. The highest BCUT2D eigenvalue weighted by Gasteiger charge is 2.08. The molecule has 2 N–H and O–H groups in total. The molecule has 104 valence electrons. The van der Waals surface area contributed by atoms with Gasteiger partial charge >= 0.3 is 0 Å². The van der Waals surface area contributed by atoms with Gasteiger partial charge in [0.1, 0.15) is 17.3 Å². The van der Waals surface area contributed by atoms with E-state index in [0.717, 1.165) is 23.5 Å². The minimum absolute atomic E-state index is 0.413. The Labute approximate surface area is 125 Å². The molecule has 0 bridgehead atoms. The van der Waals surface area contributed by atoms with Gasteiger partial charge in [-0.1, -0.05) is 42.5 Å². The van der Waals surface area contributed by atoms with Gasteiger partial charge < -0.3 is 15.4 Å². The van der Waals surface area contributed by atoms with Crippen LogP contribution in [0.4, 0.5) is 5.69 Å². The molecule has 0 saturated carbocycles. The van der Waals surface area contributed by atoms with Crippen LogP contribution in [0.1, 0.15) is 5.56 Å². The average molecular weight is 286 g/mol. The van der Waals surface area contributed by atoms with Gasteiger partial charge in [0.15, 0.2) is 0 Å². The van der Waals surface area contributed by atoms with Crippen LogP contribution in [0.5, 0.6) is 5.75 Å². The molecule has 2 rings (SSSR count). The molecule has 0 atom stereocenters. The van der Waals surface area contributed by atoms with E-state index in [0.29, 0.717) is 11.6 Å². The molecule has 0 aliphatic carbocycles. The maximum absolute atomic E-state index is 5.75. The summed E-state index contributed by atoms with van der Waals surface area (Å²) in [5.74, 6) is 0.878. The highest BCUT2D eigenvalue weighted by molar-refractivity contribution is 7.80. The van der Waals surface area contributed by atoms with E-state index in [1.165, 1.54) is 0 Å². The molecule has 0 saturated heterocycles. The molecule has 3 nitrogen and oxygen atoms in total. The summed E-state index contributed by atoms with van der Waals surface area (Å²) in [6, 6.07) is 17.6. The third-order valence-corrected chi connectivity index (χ3v) is 3.24.